The number of nitro groups is 1. The van der Waals surface area contributed by atoms with Gasteiger partial charge >= 0.3 is 0 Å². The number of benzene rings is 2. The van der Waals surface area contributed by atoms with Crippen molar-refractivity contribution in [2.75, 3.05) is 14.1 Å². The van der Waals surface area contributed by atoms with Gasteiger partial charge in [-0.05, 0) is 45.0 Å². The van der Waals surface area contributed by atoms with E-state index in [4.69, 9.17) is 11.6 Å². The summed E-state index contributed by atoms with van der Waals surface area (Å²) in [5.41, 5.74) is 1.25. The van der Waals surface area contributed by atoms with Crippen molar-refractivity contribution in [3.8, 4) is 0 Å². The molecule has 0 saturated heterocycles. The Labute approximate surface area is 176 Å². The van der Waals surface area contributed by atoms with Crippen LogP contribution in [0.3, 0.4) is 0 Å². The fraction of sp³-hybridized carbons (Fsp3) is 0.409. The number of para-hydroxylation sites is 1. The molecule has 0 bridgehead atoms. The second-order valence-corrected chi connectivity index (χ2v) is 8.14. The molecule has 0 aromatic heterocycles. The molecule has 1 aliphatic rings. The van der Waals surface area contributed by atoms with E-state index >= 15 is 0 Å². The molecule has 1 saturated carbocycles. The van der Waals surface area contributed by atoms with Crippen molar-refractivity contribution in [3.63, 3.8) is 0 Å². The van der Waals surface area contributed by atoms with E-state index in [-0.39, 0.29) is 34.5 Å². The van der Waals surface area contributed by atoms with Crippen LogP contribution in [-0.2, 0) is 0 Å². The lowest BCUT2D eigenvalue weighted by Gasteiger charge is -2.40. The smallest absolute Gasteiger partial charge is 0.274 e. The highest BCUT2D eigenvalue weighted by molar-refractivity contribution is 6.33. The molecule has 154 valence electrons. The van der Waals surface area contributed by atoms with Gasteiger partial charge in [0.05, 0.1) is 15.5 Å². The zero-order valence-corrected chi connectivity index (χ0v) is 17.4. The van der Waals surface area contributed by atoms with Gasteiger partial charge in [0.2, 0.25) is 0 Å². The fourth-order valence-electron chi connectivity index (χ4n) is 4.40. The third kappa shape index (κ3) is 4.77. The Morgan fingerprint density at radius 1 is 1.14 bits per heavy atom. The van der Waals surface area contributed by atoms with E-state index in [0.29, 0.717) is 16.1 Å². The highest BCUT2D eigenvalue weighted by Crippen LogP contribution is 2.40. The maximum absolute atomic E-state index is 12.9. The fourth-order valence-corrected chi connectivity index (χ4v) is 4.63. The summed E-state index contributed by atoms with van der Waals surface area (Å²) >= 11 is 6.19. The minimum atomic E-state index is -0.327. The van der Waals surface area contributed by atoms with Gasteiger partial charge in [-0.1, -0.05) is 54.8 Å². The predicted molar refractivity (Wildman–Crippen MR) is 114 cm³/mol. The van der Waals surface area contributed by atoms with Crippen molar-refractivity contribution in [2.45, 2.75) is 37.8 Å². The highest BCUT2D eigenvalue weighted by Gasteiger charge is 2.37. The lowest BCUT2D eigenvalue weighted by Crippen LogP contribution is -2.47. The number of nitrogens with one attached hydrogen (secondary N) is 1. The van der Waals surface area contributed by atoms with E-state index in [1.807, 2.05) is 31.1 Å². The molecule has 2 aromatic rings. The van der Waals surface area contributed by atoms with Crippen LogP contribution in [0, 0.1) is 16.0 Å². The number of hydrogen-bond donors (Lipinski definition) is 1. The third-order valence-corrected chi connectivity index (χ3v) is 6.00. The Morgan fingerprint density at radius 2 is 1.79 bits per heavy atom. The number of carbonyl (C=O) groups excluding carboxylic acids is 1. The zero-order valence-electron chi connectivity index (χ0n) is 16.7. The Balaban J connectivity index is 1.92. The van der Waals surface area contributed by atoms with Gasteiger partial charge < -0.3 is 10.2 Å². The van der Waals surface area contributed by atoms with Crippen LogP contribution in [0.25, 0.3) is 0 Å². The van der Waals surface area contributed by atoms with Crippen molar-refractivity contribution in [2.24, 2.45) is 5.92 Å². The van der Waals surface area contributed by atoms with Gasteiger partial charge in [0.25, 0.3) is 11.6 Å². The first-order valence-electron chi connectivity index (χ1n) is 9.85. The molecular weight excluding hydrogens is 390 g/mol. The Hall–Kier alpha value is -2.44. The van der Waals surface area contributed by atoms with Gasteiger partial charge in [0.15, 0.2) is 0 Å². The number of halogens is 1. The number of rotatable bonds is 6. The Bertz CT molecular complexity index is 887. The molecule has 6 nitrogen and oxygen atoms in total. The quantitative estimate of drug-likeness (QED) is 0.541. The molecule has 7 heteroatoms. The molecule has 0 heterocycles. The maximum atomic E-state index is 12.9. The number of nitro benzene ring substituents is 1. The molecule has 3 rings (SSSR count). The summed E-state index contributed by atoms with van der Waals surface area (Å²) in [6.45, 7) is 0. The van der Waals surface area contributed by atoms with Gasteiger partial charge in [0.1, 0.15) is 0 Å². The molecule has 3 unspecified atom stereocenters. The Morgan fingerprint density at radius 3 is 2.48 bits per heavy atom. The van der Waals surface area contributed by atoms with Crippen LogP contribution in [0.2, 0.25) is 5.02 Å². The monoisotopic (exact) mass is 415 g/mol. The first kappa shape index (κ1) is 21.3. The third-order valence-electron chi connectivity index (χ3n) is 5.67. The summed E-state index contributed by atoms with van der Waals surface area (Å²) < 4.78 is 0. The second kappa shape index (κ2) is 9.37. The van der Waals surface area contributed by atoms with Crippen LogP contribution < -0.4 is 5.32 Å². The normalized spacial score (nSPS) is 20.3. The van der Waals surface area contributed by atoms with Gasteiger partial charge in [-0.2, -0.15) is 0 Å². The molecular formula is C22H26ClN3O3. The first-order valence-corrected chi connectivity index (χ1v) is 10.2. The second-order valence-electron chi connectivity index (χ2n) is 7.73. The molecule has 1 aliphatic carbocycles. The zero-order chi connectivity index (χ0) is 21.0. The topological polar surface area (TPSA) is 75.5 Å². The number of hydrogen-bond acceptors (Lipinski definition) is 4. The maximum Gasteiger partial charge on any atom is 0.274 e. The first-order chi connectivity index (χ1) is 13.9. The van der Waals surface area contributed by atoms with Gasteiger partial charge in [-0.3, -0.25) is 14.9 Å². The molecule has 1 N–H and O–H groups in total. The van der Waals surface area contributed by atoms with Crippen molar-refractivity contribution in [3.05, 3.63) is 74.8 Å². The van der Waals surface area contributed by atoms with Crippen LogP contribution in [-0.4, -0.2) is 35.9 Å². The number of amides is 1. The molecule has 2 aromatic carbocycles. The van der Waals surface area contributed by atoms with Crippen LogP contribution in [0.1, 0.15) is 47.6 Å². The van der Waals surface area contributed by atoms with Crippen LogP contribution in [0.4, 0.5) is 5.69 Å². The molecule has 0 aliphatic heterocycles. The molecule has 1 fully saturated rings. The minimum absolute atomic E-state index is 0.0614. The standard InChI is InChI=1S/C22H26ClN3O3/c1-25(2)21(17-11-5-8-14-20(17)26(28)29)16-10-4-7-13-19(16)24-22(27)15-9-3-6-12-18(15)23/h3,5-6,8-9,11-12,14,16,19,21H,4,7,10,13H2,1-2H3,(H,24,27). The van der Waals surface area contributed by atoms with E-state index in [1.165, 1.54) is 0 Å². The average Bonchev–Trinajstić information content (AvgIpc) is 2.69. The summed E-state index contributed by atoms with van der Waals surface area (Å²) in [5.74, 6) is -0.140. The van der Waals surface area contributed by atoms with Crippen LogP contribution >= 0.6 is 11.6 Å². The van der Waals surface area contributed by atoms with E-state index < -0.39 is 0 Å². The lowest BCUT2D eigenvalue weighted by molar-refractivity contribution is -0.386. The van der Waals surface area contributed by atoms with Crippen LogP contribution in [0.15, 0.2) is 48.5 Å². The molecule has 1 amide bonds. The number of carbonyl (C=O) groups is 1. The number of nitrogens with zero attached hydrogens (tertiary/aromatic N) is 2. The summed E-state index contributed by atoms with van der Waals surface area (Å²) in [7, 11) is 3.87. The van der Waals surface area contributed by atoms with Gasteiger partial charge in [0, 0.05) is 23.7 Å². The van der Waals surface area contributed by atoms with E-state index in [0.717, 1.165) is 25.7 Å². The Kier molecular flexibility index (Phi) is 6.87. The molecule has 0 radical (unpaired) electrons. The average molecular weight is 416 g/mol. The van der Waals surface area contributed by atoms with Crippen molar-refractivity contribution >= 4 is 23.2 Å². The summed E-state index contributed by atoms with van der Waals surface area (Å²) in [5, 5.41) is 15.2. The molecule has 3 atom stereocenters. The van der Waals surface area contributed by atoms with Gasteiger partial charge in [-0.15, -0.1) is 0 Å². The van der Waals surface area contributed by atoms with Crippen LogP contribution in [0.5, 0.6) is 0 Å². The van der Waals surface area contributed by atoms with E-state index in [2.05, 4.69) is 5.32 Å². The molecule has 0 spiro atoms. The van der Waals surface area contributed by atoms with Crippen molar-refractivity contribution in [1.82, 2.24) is 10.2 Å². The SMILES string of the molecule is CN(C)C(c1ccccc1[N+](=O)[O-])C1CCCCC1NC(=O)c1ccccc1Cl. The van der Waals surface area contributed by atoms with E-state index in [9.17, 15) is 14.9 Å². The summed E-state index contributed by atoms with van der Waals surface area (Å²) in [6.07, 6.45) is 3.78. The molecule has 29 heavy (non-hydrogen) atoms. The largest absolute Gasteiger partial charge is 0.349 e. The summed E-state index contributed by atoms with van der Waals surface area (Å²) in [6, 6.07) is 13.6. The van der Waals surface area contributed by atoms with Gasteiger partial charge in [-0.25, -0.2) is 0 Å². The summed E-state index contributed by atoms with van der Waals surface area (Å²) in [4.78, 5) is 26.2. The minimum Gasteiger partial charge on any atom is -0.349 e. The highest BCUT2D eigenvalue weighted by atomic mass is 35.5. The van der Waals surface area contributed by atoms with Crippen molar-refractivity contribution in [1.29, 1.82) is 0 Å². The van der Waals surface area contributed by atoms with Crippen molar-refractivity contribution < 1.29 is 9.72 Å². The lowest BCUT2D eigenvalue weighted by atomic mass is 9.76. The van der Waals surface area contributed by atoms with E-state index in [1.54, 1.807) is 36.4 Å². The predicted octanol–water partition coefficient (Wildman–Crippen LogP) is 4.84.